The Hall–Kier alpha value is -3.61. The lowest BCUT2D eigenvalue weighted by Gasteiger charge is -2.23. The van der Waals surface area contributed by atoms with Gasteiger partial charge in [0.25, 0.3) is 0 Å². The first-order valence-corrected chi connectivity index (χ1v) is 14.7. The Morgan fingerprint density at radius 3 is 2.79 bits per heavy atom. The third-order valence-electron chi connectivity index (χ3n) is 6.67. The van der Waals surface area contributed by atoms with Gasteiger partial charge in [-0.2, -0.15) is 9.97 Å². The summed E-state index contributed by atoms with van der Waals surface area (Å²) >= 11 is 0. The van der Waals surface area contributed by atoms with Crippen LogP contribution in [0.25, 0.3) is 0 Å². The van der Waals surface area contributed by atoms with Crippen molar-refractivity contribution in [1.29, 1.82) is 0 Å². The molecule has 1 saturated heterocycles. The molecule has 0 bridgehead atoms. The maximum Gasteiger partial charge on any atom is 0.242 e. The first-order valence-electron chi connectivity index (χ1n) is 13.3. The van der Waals surface area contributed by atoms with Crippen LogP contribution < -0.4 is 30.3 Å². The van der Waals surface area contributed by atoms with Crippen LogP contribution in [-0.2, 0) is 21.2 Å². The maximum absolute atomic E-state index is 12.9. The van der Waals surface area contributed by atoms with Gasteiger partial charge in [0, 0.05) is 50.1 Å². The predicted octanol–water partition coefficient (Wildman–Crippen LogP) is 3.86. The van der Waals surface area contributed by atoms with Gasteiger partial charge in [-0.15, -0.1) is 0 Å². The first kappa shape index (κ1) is 27.0. The minimum absolute atomic E-state index is 0.169. The van der Waals surface area contributed by atoms with Gasteiger partial charge in [-0.3, -0.25) is 0 Å². The molecule has 0 atom stereocenters. The molecule has 12 heteroatoms. The van der Waals surface area contributed by atoms with Crippen LogP contribution in [0.1, 0.15) is 25.3 Å². The van der Waals surface area contributed by atoms with Crippen molar-refractivity contribution in [3.8, 4) is 5.75 Å². The molecule has 4 N–H and O–H groups in total. The van der Waals surface area contributed by atoms with E-state index in [1.54, 1.807) is 31.4 Å². The molecule has 2 aromatic carbocycles. The number of methoxy groups -OCH3 is 1. The second-order valence-corrected chi connectivity index (χ2v) is 11.1. The molecule has 5 rings (SSSR count). The van der Waals surface area contributed by atoms with Gasteiger partial charge in [0.15, 0.2) is 0 Å². The molecule has 0 aliphatic carbocycles. The Morgan fingerprint density at radius 1 is 1.08 bits per heavy atom. The number of rotatable bonds is 10. The Bertz CT molecular complexity index is 1410. The zero-order valence-electron chi connectivity index (χ0n) is 22.3. The number of hydrogen-bond acceptors (Lipinski definition) is 10. The SMILES string of the molecule is CCCNS(=O)(=O)c1ccccc1Nc1nc(Nc2ccc(N3CCCOCC3)cc2OC)nc2c1CCN2. The topological polar surface area (TPSA) is 130 Å². The van der Waals surface area contributed by atoms with Crippen LogP contribution >= 0.6 is 0 Å². The maximum atomic E-state index is 12.9. The third kappa shape index (κ3) is 6.18. The Balaban J connectivity index is 1.43. The van der Waals surface area contributed by atoms with Crippen molar-refractivity contribution in [2.45, 2.75) is 31.1 Å². The van der Waals surface area contributed by atoms with Crippen molar-refractivity contribution in [3.63, 3.8) is 0 Å². The molecule has 1 fully saturated rings. The average molecular weight is 554 g/mol. The van der Waals surface area contributed by atoms with Crippen molar-refractivity contribution in [3.05, 3.63) is 48.0 Å². The van der Waals surface area contributed by atoms with Crippen molar-refractivity contribution < 1.29 is 17.9 Å². The van der Waals surface area contributed by atoms with E-state index in [-0.39, 0.29) is 4.90 Å². The molecule has 0 amide bonds. The third-order valence-corrected chi connectivity index (χ3v) is 8.18. The molecule has 11 nitrogen and oxygen atoms in total. The van der Waals surface area contributed by atoms with Gasteiger partial charge in [-0.25, -0.2) is 13.1 Å². The van der Waals surface area contributed by atoms with Crippen molar-refractivity contribution in [1.82, 2.24) is 14.7 Å². The van der Waals surface area contributed by atoms with Gasteiger partial charge < -0.3 is 30.3 Å². The van der Waals surface area contributed by atoms with E-state index in [4.69, 9.17) is 14.5 Å². The number of nitrogens with one attached hydrogen (secondary N) is 4. The zero-order valence-corrected chi connectivity index (χ0v) is 23.1. The van der Waals surface area contributed by atoms with E-state index in [1.165, 1.54) is 0 Å². The van der Waals surface area contributed by atoms with Crippen molar-refractivity contribution in [2.24, 2.45) is 0 Å². The lowest BCUT2D eigenvalue weighted by molar-refractivity contribution is 0.152. The van der Waals surface area contributed by atoms with E-state index < -0.39 is 10.0 Å². The fourth-order valence-electron chi connectivity index (χ4n) is 4.68. The molecular weight excluding hydrogens is 518 g/mol. The predicted molar refractivity (Wildman–Crippen MR) is 153 cm³/mol. The summed E-state index contributed by atoms with van der Waals surface area (Å²) in [7, 11) is -2.05. The standard InChI is InChI=1S/C27H35N7O4S/c1-3-12-29-39(35,36)24-8-5-4-7-22(24)30-26-20-11-13-28-25(20)32-27(33-26)31-21-10-9-19(18-23(21)37-2)34-14-6-16-38-17-15-34/h4-5,7-10,18,29H,3,6,11-17H2,1-2H3,(H3,28,30,31,32,33). The van der Waals surface area contributed by atoms with Crippen LogP contribution in [0.5, 0.6) is 5.75 Å². The number of sulfonamides is 1. The molecule has 208 valence electrons. The van der Waals surface area contributed by atoms with Gasteiger partial charge in [0.2, 0.25) is 16.0 Å². The molecule has 3 aromatic rings. The van der Waals surface area contributed by atoms with E-state index >= 15 is 0 Å². The lowest BCUT2D eigenvalue weighted by Crippen LogP contribution is -2.25. The van der Waals surface area contributed by atoms with Crippen molar-refractivity contribution in [2.75, 3.05) is 67.4 Å². The van der Waals surface area contributed by atoms with Crippen LogP contribution in [0.15, 0.2) is 47.4 Å². The van der Waals surface area contributed by atoms with Crippen molar-refractivity contribution >= 4 is 44.7 Å². The first-order chi connectivity index (χ1) is 19.0. The molecule has 0 saturated carbocycles. The monoisotopic (exact) mass is 553 g/mol. The highest BCUT2D eigenvalue weighted by atomic mass is 32.2. The number of hydrogen-bond donors (Lipinski definition) is 4. The minimum Gasteiger partial charge on any atom is -0.494 e. The summed E-state index contributed by atoms with van der Waals surface area (Å²) in [6.45, 7) is 6.24. The normalized spacial score (nSPS) is 15.3. The van der Waals surface area contributed by atoms with Gasteiger partial charge in [0.05, 0.1) is 25.1 Å². The summed E-state index contributed by atoms with van der Waals surface area (Å²) in [5.74, 6) is 2.29. The van der Waals surface area contributed by atoms with E-state index in [0.29, 0.717) is 48.6 Å². The summed E-state index contributed by atoms with van der Waals surface area (Å²) in [6.07, 6.45) is 2.40. The van der Waals surface area contributed by atoms with Gasteiger partial charge in [0.1, 0.15) is 22.3 Å². The van der Waals surface area contributed by atoms with Crippen LogP contribution in [0.3, 0.4) is 0 Å². The summed E-state index contributed by atoms with van der Waals surface area (Å²) in [6, 6.07) is 12.8. The van der Waals surface area contributed by atoms with E-state index in [2.05, 4.69) is 30.6 Å². The largest absolute Gasteiger partial charge is 0.494 e. The summed E-state index contributed by atoms with van der Waals surface area (Å²) < 4.78 is 39.8. The smallest absolute Gasteiger partial charge is 0.242 e. The number of para-hydroxylation sites is 1. The van der Waals surface area contributed by atoms with Crippen LogP contribution in [-0.4, -0.2) is 64.9 Å². The van der Waals surface area contributed by atoms with E-state index in [0.717, 1.165) is 56.0 Å². The number of nitrogens with zero attached hydrogens (tertiary/aromatic N) is 3. The summed E-state index contributed by atoms with van der Waals surface area (Å²) in [4.78, 5) is 11.9. The number of aromatic nitrogens is 2. The zero-order chi connectivity index (χ0) is 27.2. The fourth-order valence-corrected chi connectivity index (χ4v) is 5.98. The van der Waals surface area contributed by atoms with E-state index in [9.17, 15) is 8.42 Å². The number of anilines is 6. The Morgan fingerprint density at radius 2 is 1.95 bits per heavy atom. The highest BCUT2D eigenvalue weighted by molar-refractivity contribution is 7.89. The summed E-state index contributed by atoms with van der Waals surface area (Å²) in [5.41, 5.74) is 3.14. The minimum atomic E-state index is -3.69. The number of fused-ring (bicyclic) bond motifs is 1. The van der Waals surface area contributed by atoms with Gasteiger partial charge >= 0.3 is 0 Å². The van der Waals surface area contributed by atoms with Gasteiger partial charge in [-0.05, 0) is 43.5 Å². The molecule has 1 aromatic heterocycles. The van der Waals surface area contributed by atoms with Crippen LogP contribution in [0.4, 0.5) is 34.6 Å². The highest BCUT2D eigenvalue weighted by Crippen LogP contribution is 2.35. The van der Waals surface area contributed by atoms with Gasteiger partial charge in [-0.1, -0.05) is 19.1 Å². The van der Waals surface area contributed by atoms with Crippen LogP contribution in [0, 0.1) is 0 Å². The average Bonchev–Trinajstić information content (AvgIpc) is 3.25. The number of ether oxygens (including phenoxy) is 2. The Kier molecular flexibility index (Phi) is 8.34. The lowest BCUT2D eigenvalue weighted by atomic mass is 10.2. The number of benzene rings is 2. The molecule has 0 radical (unpaired) electrons. The van der Waals surface area contributed by atoms with E-state index in [1.807, 2.05) is 25.1 Å². The molecule has 0 unspecified atom stereocenters. The quantitative estimate of drug-likeness (QED) is 0.294. The molecule has 2 aliphatic rings. The second-order valence-electron chi connectivity index (χ2n) is 9.38. The fraction of sp³-hybridized carbons (Fsp3) is 0.407. The molecule has 3 heterocycles. The highest BCUT2D eigenvalue weighted by Gasteiger charge is 2.23. The second kappa shape index (κ2) is 12.1. The Labute approximate surface area is 229 Å². The molecule has 2 aliphatic heterocycles. The summed E-state index contributed by atoms with van der Waals surface area (Å²) in [5, 5.41) is 9.86. The van der Waals surface area contributed by atoms with Crippen LogP contribution in [0.2, 0.25) is 0 Å². The molecular formula is C27H35N7O4S. The molecule has 0 spiro atoms. The molecule has 39 heavy (non-hydrogen) atoms.